The molecule has 0 fully saturated rings. The molecule has 0 aromatic heterocycles. The van der Waals surface area contributed by atoms with Gasteiger partial charge in [-0.15, -0.1) is 0 Å². The number of nitrogens with zero attached hydrogens (tertiary/aromatic N) is 2. The molecule has 3 aromatic carbocycles. The SMILES string of the molecule is CN1c2ccccc2N=C(c2ccc(C(=O)O)cc2)c2ccc3c(c21)CCCC3. The summed E-state index contributed by atoms with van der Waals surface area (Å²) < 4.78 is 0. The molecule has 29 heavy (non-hydrogen) atoms. The summed E-state index contributed by atoms with van der Waals surface area (Å²) in [4.78, 5) is 18.6. The molecule has 2 aliphatic rings. The summed E-state index contributed by atoms with van der Waals surface area (Å²) in [6.45, 7) is 0. The van der Waals surface area contributed by atoms with Gasteiger partial charge in [0.1, 0.15) is 0 Å². The third-order valence-corrected chi connectivity index (χ3v) is 5.97. The molecule has 1 heterocycles. The second-order valence-corrected chi connectivity index (χ2v) is 7.70. The summed E-state index contributed by atoms with van der Waals surface area (Å²) in [5.74, 6) is -0.918. The van der Waals surface area contributed by atoms with E-state index >= 15 is 0 Å². The Kier molecular flexibility index (Phi) is 4.20. The molecule has 0 radical (unpaired) electrons. The molecule has 1 aliphatic heterocycles. The number of carboxylic acids is 1. The largest absolute Gasteiger partial charge is 0.478 e. The number of rotatable bonds is 2. The zero-order valence-corrected chi connectivity index (χ0v) is 16.4. The molecule has 0 bridgehead atoms. The van der Waals surface area contributed by atoms with Crippen LogP contribution >= 0.6 is 0 Å². The van der Waals surface area contributed by atoms with E-state index < -0.39 is 5.97 Å². The number of fused-ring (bicyclic) bond motifs is 4. The molecule has 4 heteroatoms. The van der Waals surface area contributed by atoms with Crippen molar-refractivity contribution in [2.24, 2.45) is 4.99 Å². The van der Waals surface area contributed by atoms with Gasteiger partial charge >= 0.3 is 5.97 Å². The fourth-order valence-electron chi connectivity index (χ4n) is 4.52. The van der Waals surface area contributed by atoms with Crippen LogP contribution in [-0.2, 0) is 12.8 Å². The normalized spacial score (nSPS) is 14.9. The van der Waals surface area contributed by atoms with Crippen LogP contribution in [0.2, 0.25) is 0 Å². The van der Waals surface area contributed by atoms with Crippen molar-refractivity contribution in [1.29, 1.82) is 0 Å². The van der Waals surface area contributed by atoms with Crippen molar-refractivity contribution >= 4 is 28.7 Å². The van der Waals surface area contributed by atoms with Gasteiger partial charge in [0.15, 0.2) is 0 Å². The molecule has 144 valence electrons. The number of carbonyl (C=O) groups is 1. The molecule has 1 N–H and O–H groups in total. The highest BCUT2D eigenvalue weighted by Gasteiger charge is 2.26. The maximum Gasteiger partial charge on any atom is 0.335 e. The highest BCUT2D eigenvalue weighted by atomic mass is 16.4. The van der Waals surface area contributed by atoms with E-state index in [2.05, 4.69) is 30.1 Å². The van der Waals surface area contributed by atoms with Gasteiger partial charge in [0.25, 0.3) is 0 Å². The average Bonchev–Trinajstić information content (AvgIpc) is 2.89. The van der Waals surface area contributed by atoms with E-state index in [1.165, 1.54) is 29.7 Å². The number of aliphatic imine (C=N–C) groups is 1. The zero-order valence-electron chi connectivity index (χ0n) is 16.4. The quantitative estimate of drug-likeness (QED) is 0.635. The van der Waals surface area contributed by atoms with Crippen molar-refractivity contribution in [2.75, 3.05) is 11.9 Å². The summed E-state index contributed by atoms with van der Waals surface area (Å²) in [5, 5.41) is 9.25. The Hall–Kier alpha value is -3.40. The van der Waals surface area contributed by atoms with E-state index in [0.717, 1.165) is 41.1 Å². The number of hydrogen-bond donors (Lipinski definition) is 1. The Morgan fingerprint density at radius 1 is 0.966 bits per heavy atom. The first-order valence-corrected chi connectivity index (χ1v) is 10.0. The highest BCUT2D eigenvalue weighted by Crippen LogP contribution is 2.43. The summed E-state index contributed by atoms with van der Waals surface area (Å²) in [7, 11) is 2.12. The Balaban J connectivity index is 1.77. The number of aromatic carboxylic acids is 1. The van der Waals surface area contributed by atoms with Gasteiger partial charge in [-0.25, -0.2) is 9.79 Å². The third-order valence-electron chi connectivity index (χ3n) is 5.97. The summed E-state index contributed by atoms with van der Waals surface area (Å²) in [6.07, 6.45) is 4.65. The number of anilines is 2. The van der Waals surface area contributed by atoms with E-state index in [1.54, 1.807) is 12.1 Å². The van der Waals surface area contributed by atoms with Crippen molar-refractivity contribution in [3.63, 3.8) is 0 Å². The van der Waals surface area contributed by atoms with Crippen LogP contribution in [0.1, 0.15) is 45.5 Å². The number of aryl methyl sites for hydroxylation is 1. The number of hydrogen-bond acceptors (Lipinski definition) is 3. The molecule has 0 amide bonds. The smallest absolute Gasteiger partial charge is 0.335 e. The van der Waals surface area contributed by atoms with Crippen LogP contribution in [0.25, 0.3) is 0 Å². The Morgan fingerprint density at radius 2 is 1.72 bits per heavy atom. The first-order chi connectivity index (χ1) is 14.1. The number of para-hydroxylation sites is 2. The molecule has 4 nitrogen and oxygen atoms in total. The lowest BCUT2D eigenvalue weighted by Crippen LogP contribution is -2.18. The lowest BCUT2D eigenvalue weighted by molar-refractivity contribution is 0.0697. The fraction of sp³-hybridized carbons (Fsp3) is 0.200. The maximum atomic E-state index is 11.3. The van der Waals surface area contributed by atoms with Gasteiger partial charge in [0.05, 0.1) is 28.3 Å². The van der Waals surface area contributed by atoms with E-state index in [9.17, 15) is 9.90 Å². The molecule has 0 unspecified atom stereocenters. The van der Waals surface area contributed by atoms with Gasteiger partial charge in [0.2, 0.25) is 0 Å². The monoisotopic (exact) mass is 382 g/mol. The second-order valence-electron chi connectivity index (χ2n) is 7.70. The van der Waals surface area contributed by atoms with Crippen LogP contribution in [0, 0.1) is 0 Å². The molecule has 3 aromatic rings. The van der Waals surface area contributed by atoms with Gasteiger partial charge in [-0.05, 0) is 61.1 Å². The van der Waals surface area contributed by atoms with E-state index in [-0.39, 0.29) is 5.56 Å². The minimum Gasteiger partial charge on any atom is -0.478 e. The topological polar surface area (TPSA) is 52.9 Å². The predicted molar refractivity (Wildman–Crippen MR) is 116 cm³/mol. The van der Waals surface area contributed by atoms with Crippen LogP contribution in [0.5, 0.6) is 0 Å². The van der Waals surface area contributed by atoms with Crippen LogP contribution in [-0.4, -0.2) is 23.8 Å². The average molecular weight is 382 g/mol. The van der Waals surface area contributed by atoms with E-state index in [1.807, 2.05) is 30.3 Å². The Morgan fingerprint density at radius 3 is 2.52 bits per heavy atom. The lowest BCUT2D eigenvalue weighted by atomic mass is 9.86. The van der Waals surface area contributed by atoms with Gasteiger partial charge < -0.3 is 10.0 Å². The van der Waals surface area contributed by atoms with Crippen LogP contribution in [0.15, 0.2) is 65.7 Å². The van der Waals surface area contributed by atoms with Gasteiger partial charge in [-0.1, -0.05) is 36.4 Å². The van der Waals surface area contributed by atoms with Gasteiger partial charge in [-0.2, -0.15) is 0 Å². The van der Waals surface area contributed by atoms with Crippen molar-refractivity contribution in [3.05, 3.63) is 88.5 Å². The third kappa shape index (κ3) is 2.92. The van der Waals surface area contributed by atoms with Crippen molar-refractivity contribution < 1.29 is 9.90 Å². The molecule has 0 atom stereocenters. The standard InChI is InChI=1S/C25H22N2O2/c1-27-22-9-5-4-8-21(22)26-23(17-10-12-18(13-11-17)25(28)29)20-15-14-16-6-2-3-7-19(16)24(20)27/h4-5,8-15H,2-3,6-7H2,1H3,(H,28,29). The van der Waals surface area contributed by atoms with Crippen molar-refractivity contribution in [1.82, 2.24) is 0 Å². The Bertz CT molecular complexity index is 1150. The number of benzene rings is 3. The molecule has 0 spiro atoms. The number of carboxylic acid groups (broad SMARTS) is 1. The molecule has 1 aliphatic carbocycles. The molecular formula is C25H22N2O2. The first-order valence-electron chi connectivity index (χ1n) is 10.0. The summed E-state index contributed by atoms with van der Waals surface area (Å²) >= 11 is 0. The van der Waals surface area contributed by atoms with Gasteiger partial charge in [0, 0.05) is 18.2 Å². The van der Waals surface area contributed by atoms with E-state index in [0.29, 0.717) is 0 Å². The van der Waals surface area contributed by atoms with E-state index in [4.69, 9.17) is 4.99 Å². The second kappa shape index (κ2) is 6.89. The highest BCUT2D eigenvalue weighted by molar-refractivity contribution is 6.19. The van der Waals surface area contributed by atoms with Crippen LogP contribution in [0.4, 0.5) is 17.1 Å². The summed E-state index contributed by atoms with van der Waals surface area (Å²) in [5.41, 5.74) is 9.30. The minimum absolute atomic E-state index is 0.283. The zero-order chi connectivity index (χ0) is 20.0. The molecule has 0 saturated carbocycles. The van der Waals surface area contributed by atoms with Crippen LogP contribution < -0.4 is 4.90 Å². The first kappa shape index (κ1) is 17.7. The van der Waals surface area contributed by atoms with Gasteiger partial charge in [-0.3, -0.25) is 0 Å². The maximum absolute atomic E-state index is 11.3. The van der Waals surface area contributed by atoms with Crippen molar-refractivity contribution in [2.45, 2.75) is 25.7 Å². The summed E-state index contributed by atoms with van der Waals surface area (Å²) in [6, 6.07) is 19.7. The van der Waals surface area contributed by atoms with Crippen LogP contribution in [0.3, 0.4) is 0 Å². The lowest BCUT2D eigenvalue weighted by Gasteiger charge is -2.28. The molecule has 0 saturated heterocycles. The molecule has 5 rings (SSSR count). The molecular weight excluding hydrogens is 360 g/mol. The Labute approximate surface area is 170 Å². The fourth-order valence-corrected chi connectivity index (χ4v) is 4.52. The van der Waals surface area contributed by atoms with Crippen molar-refractivity contribution in [3.8, 4) is 0 Å². The minimum atomic E-state index is -0.918. The predicted octanol–water partition coefficient (Wildman–Crippen LogP) is 5.51.